The SMILES string of the molecule is CCNC(=O)C1COCCN1C(=O)C1CCC(N)CC1C. The highest BCUT2D eigenvalue weighted by Gasteiger charge is 2.39. The molecule has 0 aromatic rings. The van der Waals surface area contributed by atoms with Crippen molar-refractivity contribution in [1.29, 1.82) is 0 Å². The fourth-order valence-electron chi connectivity index (χ4n) is 3.39. The van der Waals surface area contributed by atoms with Gasteiger partial charge in [-0.2, -0.15) is 0 Å². The summed E-state index contributed by atoms with van der Waals surface area (Å²) in [7, 11) is 0. The highest BCUT2D eigenvalue weighted by molar-refractivity contribution is 5.89. The minimum Gasteiger partial charge on any atom is -0.377 e. The van der Waals surface area contributed by atoms with Gasteiger partial charge in [-0.1, -0.05) is 6.92 Å². The van der Waals surface area contributed by atoms with Crippen LogP contribution in [0.4, 0.5) is 0 Å². The normalized spacial score (nSPS) is 33.6. The standard InChI is InChI=1S/C15H27N3O3/c1-3-17-14(19)13-9-21-7-6-18(13)15(20)12-5-4-11(16)8-10(12)2/h10-13H,3-9,16H2,1-2H3,(H,17,19). The quantitative estimate of drug-likeness (QED) is 0.774. The average Bonchev–Trinajstić information content (AvgIpc) is 2.47. The van der Waals surface area contributed by atoms with Gasteiger partial charge in [0.05, 0.1) is 13.2 Å². The molecule has 1 saturated carbocycles. The largest absolute Gasteiger partial charge is 0.377 e. The van der Waals surface area contributed by atoms with Crippen molar-refractivity contribution in [3.05, 3.63) is 0 Å². The van der Waals surface area contributed by atoms with Crippen molar-refractivity contribution in [2.75, 3.05) is 26.3 Å². The summed E-state index contributed by atoms with van der Waals surface area (Å²) in [6, 6.07) is -0.290. The Morgan fingerprint density at radius 3 is 2.81 bits per heavy atom. The molecule has 1 saturated heterocycles. The number of morpholine rings is 1. The first-order valence-corrected chi connectivity index (χ1v) is 7.96. The molecule has 6 nitrogen and oxygen atoms in total. The second-order valence-corrected chi connectivity index (χ2v) is 6.17. The molecule has 0 spiro atoms. The third-order valence-electron chi connectivity index (χ3n) is 4.59. The summed E-state index contributed by atoms with van der Waals surface area (Å²) in [6.07, 6.45) is 2.59. The van der Waals surface area contributed by atoms with E-state index in [2.05, 4.69) is 12.2 Å². The molecule has 4 atom stereocenters. The summed E-state index contributed by atoms with van der Waals surface area (Å²) in [4.78, 5) is 26.7. The number of carbonyl (C=O) groups is 2. The lowest BCUT2D eigenvalue weighted by Crippen LogP contribution is -2.58. The zero-order valence-electron chi connectivity index (χ0n) is 13.0. The fraction of sp³-hybridized carbons (Fsp3) is 0.867. The number of likely N-dealkylation sites (N-methyl/N-ethyl adjacent to an activating group) is 1. The van der Waals surface area contributed by atoms with Crippen molar-refractivity contribution < 1.29 is 14.3 Å². The Bertz CT molecular complexity index is 388. The Balaban J connectivity index is 2.06. The van der Waals surface area contributed by atoms with E-state index in [1.807, 2.05) is 6.92 Å². The summed E-state index contributed by atoms with van der Waals surface area (Å²) < 4.78 is 5.39. The molecule has 1 aliphatic carbocycles. The summed E-state index contributed by atoms with van der Waals surface area (Å²) in [6.45, 7) is 5.81. The Kier molecular flexibility index (Phi) is 5.58. The zero-order chi connectivity index (χ0) is 15.4. The molecule has 4 unspecified atom stereocenters. The molecular formula is C15H27N3O3. The van der Waals surface area contributed by atoms with E-state index in [0.29, 0.717) is 19.7 Å². The van der Waals surface area contributed by atoms with E-state index in [-0.39, 0.29) is 36.3 Å². The van der Waals surface area contributed by atoms with Gasteiger partial charge in [0, 0.05) is 25.0 Å². The number of amides is 2. The first kappa shape index (κ1) is 16.2. The van der Waals surface area contributed by atoms with E-state index >= 15 is 0 Å². The van der Waals surface area contributed by atoms with Gasteiger partial charge in [-0.15, -0.1) is 0 Å². The van der Waals surface area contributed by atoms with Gasteiger partial charge in [-0.05, 0) is 32.1 Å². The smallest absolute Gasteiger partial charge is 0.245 e. The lowest BCUT2D eigenvalue weighted by Gasteiger charge is -2.40. The molecule has 2 aliphatic rings. The number of ether oxygens (including phenoxy) is 1. The van der Waals surface area contributed by atoms with Crippen LogP contribution < -0.4 is 11.1 Å². The van der Waals surface area contributed by atoms with E-state index < -0.39 is 6.04 Å². The van der Waals surface area contributed by atoms with Crippen molar-refractivity contribution in [3.8, 4) is 0 Å². The summed E-state index contributed by atoms with van der Waals surface area (Å²) in [5, 5.41) is 2.79. The first-order chi connectivity index (χ1) is 10.0. The van der Waals surface area contributed by atoms with Gasteiger partial charge in [-0.25, -0.2) is 0 Å². The first-order valence-electron chi connectivity index (χ1n) is 7.96. The number of rotatable bonds is 3. The minimum absolute atomic E-state index is 0.0140. The molecule has 2 amide bonds. The molecule has 6 heteroatoms. The lowest BCUT2D eigenvalue weighted by atomic mass is 9.77. The molecule has 1 aliphatic heterocycles. The Morgan fingerprint density at radius 2 is 2.14 bits per heavy atom. The van der Waals surface area contributed by atoms with Crippen LogP contribution >= 0.6 is 0 Å². The second-order valence-electron chi connectivity index (χ2n) is 6.17. The topological polar surface area (TPSA) is 84.7 Å². The predicted molar refractivity (Wildman–Crippen MR) is 79.5 cm³/mol. The predicted octanol–water partition coefficient (Wildman–Crippen LogP) is 0.113. The molecule has 3 N–H and O–H groups in total. The Labute approximate surface area is 126 Å². The Morgan fingerprint density at radius 1 is 1.38 bits per heavy atom. The van der Waals surface area contributed by atoms with Crippen LogP contribution in [-0.4, -0.2) is 55.1 Å². The van der Waals surface area contributed by atoms with Crippen molar-refractivity contribution in [3.63, 3.8) is 0 Å². The van der Waals surface area contributed by atoms with Crippen LogP contribution in [0.5, 0.6) is 0 Å². The highest BCUT2D eigenvalue weighted by Crippen LogP contribution is 2.31. The van der Waals surface area contributed by atoms with Crippen LogP contribution in [-0.2, 0) is 14.3 Å². The van der Waals surface area contributed by atoms with Gasteiger partial charge in [0.2, 0.25) is 11.8 Å². The molecule has 2 fully saturated rings. The number of hydrogen-bond acceptors (Lipinski definition) is 4. The molecule has 0 aromatic carbocycles. The molecule has 0 aromatic heterocycles. The second kappa shape index (κ2) is 7.22. The lowest BCUT2D eigenvalue weighted by molar-refractivity contribution is -0.153. The number of nitrogens with one attached hydrogen (secondary N) is 1. The van der Waals surface area contributed by atoms with Crippen LogP contribution in [0.3, 0.4) is 0 Å². The van der Waals surface area contributed by atoms with E-state index in [4.69, 9.17) is 10.5 Å². The molecule has 2 rings (SSSR count). The van der Waals surface area contributed by atoms with Gasteiger partial charge in [0.1, 0.15) is 6.04 Å². The maximum absolute atomic E-state index is 12.8. The molecule has 0 bridgehead atoms. The Hall–Kier alpha value is -1.14. The summed E-state index contributed by atoms with van der Waals surface area (Å²) in [5.74, 6) is 0.235. The van der Waals surface area contributed by atoms with Crippen LogP contribution in [0.2, 0.25) is 0 Å². The minimum atomic E-state index is -0.492. The van der Waals surface area contributed by atoms with Gasteiger partial charge in [0.15, 0.2) is 0 Å². The van der Waals surface area contributed by atoms with Crippen molar-refractivity contribution in [2.45, 2.75) is 45.2 Å². The molecule has 1 heterocycles. The van der Waals surface area contributed by atoms with E-state index in [0.717, 1.165) is 19.3 Å². The van der Waals surface area contributed by atoms with Crippen LogP contribution in [0, 0.1) is 11.8 Å². The summed E-state index contributed by atoms with van der Waals surface area (Å²) in [5.41, 5.74) is 5.97. The van der Waals surface area contributed by atoms with E-state index in [1.54, 1.807) is 4.90 Å². The van der Waals surface area contributed by atoms with Crippen molar-refractivity contribution >= 4 is 11.8 Å². The number of nitrogens with zero attached hydrogens (tertiary/aromatic N) is 1. The third-order valence-corrected chi connectivity index (χ3v) is 4.59. The molecule has 21 heavy (non-hydrogen) atoms. The van der Waals surface area contributed by atoms with E-state index in [9.17, 15) is 9.59 Å². The van der Waals surface area contributed by atoms with Crippen LogP contribution in [0.25, 0.3) is 0 Å². The number of carbonyl (C=O) groups excluding carboxylic acids is 2. The number of hydrogen-bond donors (Lipinski definition) is 2. The van der Waals surface area contributed by atoms with Gasteiger partial charge < -0.3 is 20.7 Å². The highest BCUT2D eigenvalue weighted by atomic mass is 16.5. The van der Waals surface area contributed by atoms with Crippen molar-refractivity contribution in [2.24, 2.45) is 17.6 Å². The summed E-state index contributed by atoms with van der Waals surface area (Å²) >= 11 is 0. The van der Waals surface area contributed by atoms with E-state index in [1.165, 1.54) is 0 Å². The van der Waals surface area contributed by atoms with Crippen molar-refractivity contribution in [1.82, 2.24) is 10.2 Å². The maximum Gasteiger partial charge on any atom is 0.245 e. The van der Waals surface area contributed by atoms with Gasteiger partial charge in [0.25, 0.3) is 0 Å². The molecule has 0 radical (unpaired) electrons. The average molecular weight is 297 g/mol. The fourth-order valence-corrected chi connectivity index (χ4v) is 3.39. The van der Waals surface area contributed by atoms with Gasteiger partial charge >= 0.3 is 0 Å². The monoisotopic (exact) mass is 297 g/mol. The third kappa shape index (κ3) is 3.74. The maximum atomic E-state index is 12.8. The van der Waals surface area contributed by atoms with Crippen LogP contribution in [0.15, 0.2) is 0 Å². The molecular weight excluding hydrogens is 270 g/mol. The van der Waals surface area contributed by atoms with Crippen LogP contribution in [0.1, 0.15) is 33.1 Å². The molecule has 120 valence electrons. The number of nitrogens with two attached hydrogens (primary N) is 1. The van der Waals surface area contributed by atoms with Gasteiger partial charge in [-0.3, -0.25) is 9.59 Å². The zero-order valence-corrected chi connectivity index (χ0v) is 13.0.